The van der Waals surface area contributed by atoms with Gasteiger partial charge in [-0.2, -0.15) is 4.98 Å². The Morgan fingerprint density at radius 3 is 2.39 bits per heavy atom. The smallest absolute Gasteiger partial charge is 0.229 e. The van der Waals surface area contributed by atoms with Crippen LogP contribution in [0.25, 0.3) is 0 Å². The lowest BCUT2D eigenvalue weighted by atomic mass is 9.96. The maximum Gasteiger partial charge on any atom is 0.229 e. The first-order chi connectivity index (χ1) is 11.1. The van der Waals surface area contributed by atoms with Crippen molar-refractivity contribution in [3.8, 4) is 0 Å². The zero-order valence-corrected chi connectivity index (χ0v) is 14.2. The topological polar surface area (TPSA) is 68.0 Å². The van der Waals surface area contributed by atoms with E-state index in [0.29, 0.717) is 23.6 Å². The Balaban J connectivity index is 1.52. The largest absolute Gasteiger partial charge is 0.343 e. The fourth-order valence-electron chi connectivity index (χ4n) is 4.75. The number of amides is 1. The van der Waals surface area contributed by atoms with E-state index in [9.17, 15) is 4.79 Å². The lowest BCUT2D eigenvalue weighted by molar-refractivity contribution is -0.125. The first-order valence-electron chi connectivity index (χ1n) is 9.27. The summed E-state index contributed by atoms with van der Waals surface area (Å²) < 4.78 is 5.40. The first kappa shape index (κ1) is 15.2. The summed E-state index contributed by atoms with van der Waals surface area (Å²) in [6, 6.07) is 0. The number of carbonyl (C=O) groups is 1. The fraction of sp³-hybridized carbons (Fsp3) is 0.833. The van der Waals surface area contributed by atoms with Crippen LogP contribution in [0.4, 0.5) is 0 Å². The van der Waals surface area contributed by atoms with Crippen molar-refractivity contribution in [1.82, 2.24) is 15.5 Å². The highest BCUT2D eigenvalue weighted by molar-refractivity contribution is 5.83. The average molecular weight is 317 g/mol. The number of hydrogen-bond donors (Lipinski definition) is 1. The van der Waals surface area contributed by atoms with Gasteiger partial charge in [0.15, 0.2) is 5.82 Å². The predicted molar refractivity (Wildman–Crippen MR) is 85.6 cm³/mol. The quantitative estimate of drug-likeness (QED) is 0.922. The van der Waals surface area contributed by atoms with E-state index in [1.54, 1.807) is 0 Å². The molecule has 3 saturated carbocycles. The number of rotatable bonds is 4. The normalized spacial score (nSPS) is 31.9. The molecule has 5 nitrogen and oxygen atoms in total. The van der Waals surface area contributed by atoms with Crippen molar-refractivity contribution in [1.29, 1.82) is 0 Å². The molecule has 1 N–H and O–H groups in total. The van der Waals surface area contributed by atoms with E-state index in [1.165, 1.54) is 25.7 Å². The van der Waals surface area contributed by atoms with Crippen molar-refractivity contribution in [3.63, 3.8) is 0 Å². The van der Waals surface area contributed by atoms with Gasteiger partial charge in [-0.25, -0.2) is 0 Å². The van der Waals surface area contributed by atoms with Gasteiger partial charge in [-0.15, -0.1) is 0 Å². The van der Waals surface area contributed by atoms with E-state index in [2.05, 4.69) is 15.5 Å². The third kappa shape index (κ3) is 2.58. The molecular weight excluding hydrogens is 290 g/mol. The molecule has 0 bridgehead atoms. The molecule has 4 rings (SSSR count). The lowest BCUT2D eigenvalue weighted by Gasteiger charge is -2.27. The summed E-state index contributed by atoms with van der Waals surface area (Å²) in [4.78, 5) is 17.4. The Morgan fingerprint density at radius 1 is 1.17 bits per heavy atom. The van der Waals surface area contributed by atoms with Gasteiger partial charge in [-0.1, -0.05) is 44.7 Å². The molecule has 0 radical (unpaired) electrons. The van der Waals surface area contributed by atoms with Gasteiger partial charge in [0.2, 0.25) is 11.8 Å². The van der Waals surface area contributed by atoms with Gasteiger partial charge in [0.05, 0.1) is 0 Å². The summed E-state index contributed by atoms with van der Waals surface area (Å²) in [5.74, 6) is 3.33. The number of nitrogens with one attached hydrogen (secondary N) is 1. The Hall–Kier alpha value is -1.39. The molecule has 1 heterocycles. The summed E-state index contributed by atoms with van der Waals surface area (Å²) in [5, 5.41) is 7.57. The SMILES string of the molecule is CC(C)c1nc(C2(NC(=O)C3C4CCCCC43)CCCC2)no1. The molecule has 1 amide bonds. The van der Waals surface area contributed by atoms with Crippen LogP contribution in [0.5, 0.6) is 0 Å². The van der Waals surface area contributed by atoms with Crippen LogP contribution < -0.4 is 5.32 Å². The molecule has 0 spiro atoms. The standard InChI is InChI=1S/C18H27N3O2/c1-11(2)16-19-17(21-23-16)18(9-5-6-10-18)20-15(22)14-12-7-3-4-8-13(12)14/h11-14H,3-10H2,1-2H3,(H,20,22). The van der Waals surface area contributed by atoms with E-state index in [4.69, 9.17) is 4.52 Å². The number of fused-ring (bicyclic) bond motifs is 1. The van der Waals surface area contributed by atoms with Gasteiger partial charge in [-0.05, 0) is 37.5 Å². The monoisotopic (exact) mass is 317 g/mol. The molecule has 0 aromatic carbocycles. The molecule has 5 heteroatoms. The highest BCUT2D eigenvalue weighted by Crippen LogP contribution is 2.56. The molecule has 2 atom stereocenters. The van der Waals surface area contributed by atoms with Gasteiger partial charge < -0.3 is 9.84 Å². The average Bonchev–Trinajstić information content (AvgIpc) is 2.90. The Labute approximate surface area is 137 Å². The molecule has 1 aromatic heterocycles. The fourth-order valence-corrected chi connectivity index (χ4v) is 4.75. The van der Waals surface area contributed by atoms with Crippen LogP contribution in [-0.4, -0.2) is 16.0 Å². The van der Waals surface area contributed by atoms with Crippen molar-refractivity contribution in [3.05, 3.63) is 11.7 Å². The van der Waals surface area contributed by atoms with Gasteiger partial charge in [0.1, 0.15) is 5.54 Å². The lowest BCUT2D eigenvalue weighted by Crippen LogP contribution is -2.45. The zero-order chi connectivity index (χ0) is 16.0. The van der Waals surface area contributed by atoms with Crippen LogP contribution in [0.2, 0.25) is 0 Å². The number of aromatic nitrogens is 2. The van der Waals surface area contributed by atoms with E-state index in [0.717, 1.165) is 25.7 Å². The highest BCUT2D eigenvalue weighted by atomic mass is 16.5. The van der Waals surface area contributed by atoms with Gasteiger partial charge in [0, 0.05) is 11.8 Å². The minimum atomic E-state index is -0.389. The van der Waals surface area contributed by atoms with Gasteiger partial charge in [0.25, 0.3) is 0 Å². The Morgan fingerprint density at radius 2 is 1.83 bits per heavy atom. The molecule has 23 heavy (non-hydrogen) atoms. The van der Waals surface area contributed by atoms with Crippen LogP contribution in [-0.2, 0) is 10.3 Å². The highest BCUT2D eigenvalue weighted by Gasteiger charge is 2.56. The van der Waals surface area contributed by atoms with Crippen LogP contribution in [0, 0.1) is 17.8 Å². The second kappa shape index (κ2) is 5.60. The maximum absolute atomic E-state index is 12.8. The van der Waals surface area contributed by atoms with Crippen molar-refractivity contribution in [2.75, 3.05) is 0 Å². The number of nitrogens with zero attached hydrogens (tertiary/aromatic N) is 2. The summed E-state index contributed by atoms with van der Waals surface area (Å²) in [6.45, 7) is 4.10. The van der Waals surface area contributed by atoms with Crippen LogP contribution in [0.1, 0.15) is 82.8 Å². The minimum absolute atomic E-state index is 0.219. The van der Waals surface area contributed by atoms with Crippen molar-refractivity contribution in [2.45, 2.75) is 76.7 Å². The van der Waals surface area contributed by atoms with Crippen LogP contribution in [0.15, 0.2) is 4.52 Å². The third-order valence-electron chi connectivity index (χ3n) is 6.14. The van der Waals surface area contributed by atoms with E-state index < -0.39 is 0 Å². The first-order valence-corrected chi connectivity index (χ1v) is 9.27. The van der Waals surface area contributed by atoms with E-state index in [1.807, 2.05) is 13.8 Å². The molecule has 0 saturated heterocycles. The maximum atomic E-state index is 12.8. The van der Waals surface area contributed by atoms with Crippen molar-refractivity contribution >= 4 is 5.91 Å². The molecular formula is C18H27N3O2. The van der Waals surface area contributed by atoms with Crippen molar-refractivity contribution < 1.29 is 9.32 Å². The molecule has 126 valence electrons. The second-order valence-corrected chi connectivity index (χ2v) is 8.03. The predicted octanol–water partition coefficient (Wildman–Crippen LogP) is 3.51. The second-order valence-electron chi connectivity index (χ2n) is 8.03. The summed E-state index contributed by atoms with van der Waals surface area (Å²) in [6.07, 6.45) is 9.13. The third-order valence-corrected chi connectivity index (χ3v) is 6.14. The van der Waals surface area contributed by atoms with Crippen molar-refractivity contribution in [2.24, 2.45) is 17.8 Å². The molecule has 3 aliphatic rings. The summed E-state index contributed by atoms with van der Waals surface area (Å²) in [5.41, 5.74) is -0.389. The zero-order valence-electron chi connectivity index (χ0n) is 14.2. The Bertz CT molecular complexity index is 577. The Kier molecular flexibility index (Phi) is 3.69. The molecule has 2 unspecified atom stereocenters. The van der Waals surface area contributed by atoms with E-state index >= 15 is 0 Å². The van der Waals surface area contributed by atoms with E-state index in [-0.39, 0.29) is 23.3 Å². The number of hydrogen-bond acceptors (Lipinski definition) is 4. The van der Waals surface area contributed by atoms with Crippen LogP contribution >= 0.6 is 0 Å². The summed E-state index contributed by atoms with van der Waals surface area (Å²) in [7, 11) is 0. The molecule has 1 aromatic rings. The number of carbonyl (C=O) groups excluding carboxylic acids is 1. The summed E-state index contributed by atoms with van der Waals surface area (Å²) >= 11 is 0. The van der Waals surface area contributed by atoms with Gasteiger partial charge >= 0.3 is 0 Å². The minimum Gasteiger partial charge on any atom is -0.343 e. The molecule has 0 aliphatic heterocycles. The molecule has 3 fully saturated rings. The van der Waals surface area contributed by atoms with Crippen LogP contribution in [0.3, 0.4) is 0 Å². The molecule has 3 aliphatic carbocycles. The van der Waals surface area contributed by atoms with Gasteiger partial charge in [-0.3, -0.25) is 4.79 Å².